The summed E-state index contributed by atoms with van der Waals surface area (Å²) in [4.78, 5) is 37.1. The number of hydrogen-bond donors (Lipinski definition) is 2. The number of thioether (sulfide) groups is 1. The number of carbonyl (C=O) groups is 3. The van der Waals surface area contributed by atoms with E-state index >= 15 is 0 Å². The van der Waals surface area contributed by atoms with Gasteiger partial charge in [-0.15, -0.1) is 0 Å². The summed E-state index contributed by atoms with van der Waals surface area (Å²) in [5.41, 5.74) is 1.44. The van der Waals surface area contributed by atoms with Crippen LogP contribution >= 0.6 is 27.7 Å². The molecule has 2 unspecified atom stereocenters. The summed E-state index contributed by atoms with van der Waals surface area (Å²) in [6.07, 6.45) is 4.77. The van der Waals surface area contributed by atoms with Crippen LogP contribution in [0.1, 0.15) is 32.3 Å². The van der Waals surface area contributed by atoms with Crippen LogP contribution in [-0.4, -0.2) is 49.5 Å². The molecule has 2 N–H and O–H groups in total. The zero-order valence-corrected chi connectivity index (χ0v) is 22.2. The molecule has 0 spiro atoms. The van der Waals surface area contributed by atoms with Crippen molar-refractivity contribution in [3.8, 4) is 17.1 Å². The third-order valence-corrected chi connectivity index (χ3v) is 6.14. The van der Waals surface area contributed by atoms with Gasteiger partial charge in [-0.3, -0.25) is 9.59 Å². The van der Waals surface area contributed by atoms with Crippen molar-refractivity contribution >= 4 is 46.0 Å². The molecule has 1 heterocycles. The fraction of sp³-hybridized carbons (Fsp3) is 0.458. The minimum Gasteiger partial charge on any atom is -0.464 e. The van der Waals surface area contributed by atoms with Crippen molar-refractivity contribution in [2.75, 3.05) is 19.1 Å². The van der Waals surface area contributed by atoms with Crippen LogP contribution < -0.4 is 15.4 Å². The molecule has 0 bridgehead atoms. The Morgan fingerprint density at radius 3 is 2.62 bits per heavy atom. The first-order chi connectivity index (χ1) is 16.3. The van der Waals surface area contributed by atoms with E-state index < -0.39 is 24.0 Å². The minimum absolute atomic E-state index is 0.110. The first-order valence-corrected chi connectivity index (χ1v) is 13.0. The molecular weight excluding hydrogens is 524 g/mol. The topological polar surface area (TPSA) is 107 Å². The maximum absolute atomic E-state index is 13.3. The Kier molecular flexibility index (Phi) is 11.7. The summed E-state index contributed by atoms with van der Waals surface area (Å²) < 4.78 is 17.2. The molecule has 2 atom stereocenters. The van der Waals surface area contributed by atoms with E-state index in [2.05, 4.69) is 26.6 Å². The predicted molar refractivity (Wildman–Crippen MR) is 136 cm³/mol. The normalized spacial score (nSPS) is 12.8. The number of halogens is 1. The van der Waals surface area contributed by atoms with Gasteiger partial charge in [-0.2, -0.15) is 11.8 Å². The molecule has 186 valence electrons. The minimum atomic E-state index is -0.896. The zero-order chi connectivity index (χ0) is 25.1. The van der Waals surface area contributed by atoms with Crippen LogP contribution in [0.25, 0.3) is 11.3 Å². The van der Waals surface area contributed by atoms with Crippen molar-refractivity contribution in [1.82, 2.24) is 10.6 Å². The number of esters is 1. The van der Waals surface area contributed by atoms with Crippen LogP contribution in [0, 0.1) is 5.92 Å². The highest BCUT2D eigenvalue weighted by atomic mass is 79.9. The largest absolute Gasteiger partial charge is 0.464 e. The molecule has 2 rings (SSSR count). The lowest BCUT2D eigenvalue weighted by atomic mass is 10.0. The van der Waals surface area contributed by atoms with Gasteiger partial charge in [-0.05, 0) is 76.5 Å². The number of amides is 2. The Morgan fingerprint density at radius 2 is 2.03 bits per heavy atom. The van der Waals surface area contributed by atoms with E-state index in [4.69, 9.17) is 13.9 Å². The number of nitrogens with one attached hydrogen (secondary N) is 2. The highest BCUT2D eigenvalue weighted by Crippen LogP contribution is 2.38. The smallest absolute Gasteiger partial charge is 0.334 e. The molecular formula is C24H31BrN2O6S. The standard InChI is InChI=1S/C24H31BrN2O6S/c1-15(2)10-20(27-23(29)19(26-14-28)7-9-34-4)24(30)33-22-17(21-6-5-8-32-21)11-16(13-31-3)12-18(22)25/h5-6,8,11-12,14-15,19-20H,7,9-10,13H2,1-4H3,(H,26,28)(H,27,29). The number of furan rings is 1. The average molecular weight is 555 g/mol. The number of rotatable bonds is 14. The van der Waals surface area contributed by atoms with Crippen LogP contribution in [0.3, 0.4) is 0 Å². The van der Waals surface area contributed by atoms with E-state index in [9.17, 15) is 14.4 Å². The van der Waals surface area contributed by atoms with Crippen molar-refractivity contribution in [1.29, 1.82) is 0 Å². The lowest BCUT2D eigenvalue weighted by Gasteiger charge is -2.23. The maximum atomic E-state index is 13.3. The second-order valence-electron chi connectivity index (χ2n) is 8.10. The van der Waals surface area contributed by atoms with Crippen molar-refractivity contribution in [2.45, 2.75) is 45.4 Å². The van der Waals surface area contributed by atoms with Gasteiger partial charge in [0.15, 0.2) is 5.75 Å². The SMILES string of the molecule is COCc1cc(Br)c(OC(=O)C(CC(C)C)NC(=O)C(CCSC)NC=O)c(-c2ccco2)c1. The molecule has 0 radical (unpaired) electrons. The lowest BCUT2D eigenvalue weighted by molar-refractivity contribution is -0.140. The summed E-state index contributed by atoms with van der Waals surface area (Å²) in [5, 5.41) is 5.29. The highest BCUT2D eigenvalue weighted by molar-refractivity contribution is 9.10. The summed E-state index contributed by atoms with van der Waals surface area (Å²) in [5.74, 6) is 0.574. The molecule has 1 aromatic heterocycles. The number of ether oxygens (including phenoxy) is 2. The molecule has 10 heteroatoms. The van der Waals surface area contributed by atoms with Gasteiger partial charge in [0.05, 0.1) is 22.9 Å². The third-order valence-electron chi connectivity index (χ3n) is 4.91. The number of hydrogen-bond acceptors (Lipinski definition) is 7. The van der Waals surface area contributed by atoms with E-state index in [1.807, 2.05) is 26.2 Å². The Bertz CT molecular complexity index is 951. The molecule has 34 heavy (non-hydrogen) atoms. The van der Waals surface area contributed by atoms with Gasteiger partial charge in [0.25, 0.3) is 0 Å². The van der Waals surface area contributed by atoms with Crippen molar-refractivity contribution in [3.05, 3.63) is 40.6 Å². The lowest BCUT2D eigenvalue weighted by Crippen LogP contribution is -2.51. The van der Waals surface area contributed by atoms with E-state index in [-0.39, 0.29) is 11.7 Å². The van der Waals surface area contributed by atoms with Gasteiger partial charge in [0.1, 0.15) is 17.8 Å². The molecule has 2 amide bonds. The summed E-state index contributed by atoms with van der Waals surface area (Å²) in [6, 6.07) is 5.52. The Morgan fingerprint density at radius 1 is 1.26 bits per heavy atom. The van der Waals surface area contributed by atoms with Crippen molar-refractivity contribution in [3.63, 3.8) is 0 Å². The molecule has 0 fully saturated rings. The van der Waals surface area contributed by atoms with Gasteiger partial charge in [-0.1, -0.05) is 13.8 Å². The summed E-state index contributed by atoms with van der Waals surface area (Å²) >= 11 is 5.06. The van der Waals surface area contributed by atoms with Crippen LogP contribution in [0.2, 0.25) is 0 Å². The van der Waals surface area contributed by atoms with Crippen LogP contribution in [0.4, 0.5) is 0 Å². The van der Waals surface area contributed by atoms with Crippen LogP contribution in [0.5, 0.6) is 5.75 Å². The van der Waals surface area contributed by atoms with Crippen LogP contribution in [-0.2, 0) is 25.7 Å². The first kappa shape index (κ1) is 27.9. The van der Waals surface area contributed by atoms with Crippen LogP contribution in [0.15, 0.2) is 39.4 Å². The zero-order valence-electron chi connectivity index (χ0n) is 19.8. The molecule has 0 saturated carbocycles. The molecule has 0 aliphatic rings. The maximum Gasteiger partial charge on any atom is 0.334 e. The second-order valence-corrected chi connectivity index (χ2v) is 9.93. The highest BCUT2D eigenvalue weighted by Gasteiger charge is 2.29. The molecule has 0 aliphatic heterocycles. The van der Waals surface area contributed by atoms with Gasteiger partial charge < -0.3 is 24.5 Å². The molecule has 2 aromatic rings. The summed E-state index contributed by atoms with van der Waals surface area (Å²) in [7, 11) is 1.60. The van der Waals surface area contributed by atoms with Crippen molar-refractivity contribution < 1.29 is 28.3 Å². The second kappa shape index (κ2) is 14.2. The molecule has 8 nitrogen and oxygen atoms in total. The van der Waals surface area contributed by atoms with Gasteiger partial charge in [0.2, 0.25) is 12.3 Å². The number of benzene rings is 1. The monoisotopic (exact) mass is 554 g/mol. The number of carbonyl (C=O) groups excluding carboxylic acids is 3. The van der Waals surface area contributed by atoms with Gasteiger partial charge in [-0.25, -0.2) is 4.79 Å². The van der Waals surface area contributed by atoms with Gasteiger partial charge >= 0.3 is 5.97 Å². The Hall–Kier alpha value is -2.30. The third kappa shape index (κ3) is 8.18. The Labute approximate surface area is 212 Å². The first-order valence-electron chi connectivity index (χ1n) is 10.9. The van der Waals surface area contributed by atoms with E-state index in [0.717, 1.165) is 5.56 Å². The molecule has 0 aliphatic carbocycles. The van der Waals surface area contributed by atoms with E-state index in [1.54, 1.807) is 37.1 Å². The summed E-state index contributed by atoms with van der Waals surface area (Å²) in [6.45, 7) is 4.27. The quantitative estimate of drug-likeness (QED) is 0.205. The predicted octanol–water partition coefficient (Wildman–Crippen LogP) is 4.16. The van der Waals surface area contributed by atoms with E-state index in [1.165, 1.54) is 6.26 Å². The fourth-order valence-electron chi connectivity index (χ4n) is 3.36. The van der Waals surface area contributed by atoms with E-state index in [0.29, 0.717) is 47.4 Å². The molecule has 1 aromatic carbocycles. The Balaban J connectivity index is 2.31. The van der Waals surface area contributed by atoms with Crippen molar-refractivity contribution in [2.24, 2.45) is 5.92 Å². The molecule has 0 saturated heterocycles. The fourth-order valence-corrected chi connectivity index (χ4v) is 4.42. The number of methoxy groups -OCH3 is 1. The van der Waals surface area contributed by atoms with Gasteiger partial charge in [0, 0.05) is 7.11 Å². The average Bonchev–Trinajstić information content (AvgIpc) is 3.32.